The monoisotopic (exact) mass is 305 g/mol. The van der Waals surface area contributed by atoms with Crippen molar-refractivity contribution in [3.05, 3.63) is 23.2 Å². The highest BCUT2D eigenvalue weighted by Gasteiger charge is 2.31. The lowest BCUT2D eigenvalue weighted by atomic mass is 9.78. The molecule has 0 aliphatic heterocycles. The van der Waals surface area contributed by atoms with Crippen molar-refractivity contribution in [3.8, 4) is 11.4 Å². The normalized spacial score (nSPS) is 26.0. The fourth-order valence-corrected chi connectivity index (χ4v) is 3.35. The number of anilines is 1. The third-order valence-electron chi connectivity index (χ3n) is 4.73. The van der Waals surface area contributed by atoms with Crippen LogP contribution < -0.4 is 5.73 Å². The van der Waals surface area contributed by atoms with E-state index >= 15 is 0 Å². The van der Waals surface area contributed by atoms with Crippen LogP contribution in [0.25, 0.3) is 11.4 Å². The lowest BCUT2D eigenvalue weighted by molar-refractivity contribution is 0.174. The van der Waals surface area contributed by atoms with Gasteiger partial charge in [0.25, 0.3) is 0 Å². The quantitative estimate of drug-likeness (QED) is 0.861. The van der Waals surface area contributed by atoms with Gasteiger partial charge in [-0.2, -0.15) is 0 Å². The zero-order valence-electron chi connectivity index (χ0n) is 12.3. The molecule has 3 atom stereocenters. The van der Waals surface area contributed by atoms with Crippen LogP contribution in [0.2, 0.25) is 5.02 Å². The maximum absolute atomic E-state index is 6.12. The van der Waals surface area contributed by atoms with Gasteiger partial charge in [-0.05, 0) is 46.9 Å². The largest absolute Gasteiger partial charge is 0.398 e. The second-order valence-corrected chi connectivity index (χ2v) is 6.43. The third kappa shape index (κ3) is 2.62. The highest BCUT2D eigenvalue weighted by atomic mass is 35.5. The molecule has 2 aromatic rings. The summed E-state index contributed by atoms with van der Waals surface area (Å²) in [5.74, 6) is 2.02. The van der Waals surface area contributed by atoms with Crippen LogP contribution in [0.5, 0.6) is 0 Å². The van der Waals surface area contributed by atoms with E-state index < -0.39 is 0 Å². The van der Waals surface area contributed by atoms with Crippen LogP contribution in [-0.2, 0) is 0 Å². The van der Waals surface area contributed by atoms with Crippen molar-refractivity contribution in [2.75, 3.05) is 5.73 Å². The van der Waals surface area contributed by atoms with Crippen molar-refractivity contribution in [2.45, 2.75) is 39.2 Å². The van der Waals surface area contributed by atoms with Gasteiger partial charge in [0.15, 0.2) is 5.82 Å². The van der Waals surface area contributed by atoms with Crippen molar-refractivity contribution in [1.82, 2.24) is 20.2 Å². The lowest BCUT2D eigenvalue weighted by Crippen LogP contribution is -2.28. The summed E-state index contributed by atoms with van der Waals surface area (Å²) < 4.78 is 1.96. The number of nitrogen functional groups attached to an aromatic ring is 1. The maximum Gasteiger partial charge on any atom is 0.182 e. The predicted molar refractivity (Wildman–Crippen MR) is 83.9 cm³/mol. The Morgan fingerprint density at radius 1 is 1.29 bits per heavy atom. The molecule has 112 valence electrons. The SMILES string of the molecule is CC1CCCC(n2nnnc2-c2ccc(N)c(Cl)c2)C1C. The molecule has 3 rings (SSSR count). The molecule has 0 amide bonds. The fourth-order valence-electron chi connectivity index (χ4n) is 3.17. The summed E-state index contributed by atoms with van der Waals surface area (Å²) in [6, 6.07) is 5.88. The Morgan fingerprint density at radius 3 is 2.86 bits per heavy atom. The number of aromatic nitrogens is 4. The number of hydrogen-bond donors (Lipinski definition) is 1. The average Bonchev–Trinajstić information content (AvgIpc) is 2.94. The van der Waals surface area contributed by atoms with Crippen LogP contribution in [0.3, 0.4) is 0 Å². The number of nitrogens with two attached hydrogens (primary N) is 1. The van der Waals surface area contributed by atoms with Gasteiger partial charge in [0.2, 0.25) is 0 Å². The van der Waals surface area contributed by atoms with Crippen LogP contribution in [0.1, 0.15) is 39.2 Å². The first-order valence-corrected chi connectivity index (χ1v) is 7.79. The van der Waals surface area contributed by atoms with E-state index in [9.17, 15) is 0 Å². The van der Waals surface area contributed by atoms with Gasteiger partial charge >= 0.3 is 0 Å². The second kappa shape index (κ2) is 5.64. The molecule has 2 N–H and O–H groups in total. The van der Waals surface area contributed by atoms with Crippen LogP contribution in [0, 0.1) is 11.8 Å². The van der Waals surface area contributed by atoms with E-state index in [-0.39, 0.29) is 0 Å². The highest BCUT2D eigenvalue weighted by Crippen LogP contribution is 2.39. The average molecular weight is 306 g/mol. The number of nitrogens with zero attached hydrogens (tertiary/aromatic N) is 4. The standard InChI is InChI=1S/C15H20ClN5/c1-9-4-3-5-14(10(9)2)21-15(18-19-20-21)11-6-7-13(17)12(16)8-11/h6-10,14H,3-5,17H2,1-2H3. The van der Waals surface area contributed by atoms with Gasteiger partial charge in [0.05, 0.1) is 16.8 Å². The summed E-state index contributed by atoms with van der Waals surface area (Å²) in [5.41, 5.74) is 7.25. The van der Waals surface area contributed by atoms with Crippen LogP contribution in [0.4, 0.5) is 5.69 Å². The first-order valence-electron chi connectivity index (χ1n) is 7.41. The zero-order valence-corrected chi connectivity index (χ0v) is 13.1. The maximum atomic E-state index is 6.12. The molecule has 5 nitrogen and oxygen atoms in total. The Kier molecular flexibility index (Phi) is 3.85. The molecule has 6 heteroatoms. The predicted octanol–water partition coefficient (Wildman–Crippen LogP) is 3.57. The topological polar surface area (TPSA) is 69.6 Å². The third-order valence-corrected chi connectivity index (χ3v) is 5.06. The van der Waals surface area contributed by atoms with Gasteiger partial charge in [0.1, 0.15) is 0 Å². The fraction of sp³-hybridized carbons (Fsp3) is 0.533. The van der Waals surface area contributed by atoms with Gasteiger partial charge in [0, 0.05) is 5.56 Å². The van der Waals surface area contributed by atoms with Gasteiger partial charge < -0.3 is 5.73 Å². The molecule has 1 aliphatic rings. The molecule has 1 saturated carbocycles. The Hall–Kier alpha value is -1.62. The van der Waals surface area contributed by atoms with Gasteiger partial charge in [-0.3, -0.25) is 0 Å². The van der Waals surface area contributed by atoms with Crippen molar-refractivity contribution >= 4 is 17.3 Å². The van der Waals surface area contributed by atoms with E-state index in [1.54, 1.807) is 6.07 Å². The number of benzene rings is 1. The summed E-state index contributed by atoms with van der Waals surface area (Å²) in [6.07, 6.45) is 3.62. The molecule has 1 heterocycles. The van der Waals surface area contributed by atoms with E-state index in [0.717, 1.165) is 17.8 Å². The summed E-state index contributed by atoms with van der Waals surface area (Å²) in [5, 5.41) is 12.8. The summed E-state index contributed by atoms with van der Waals surface area (Å²) in [4.78, 5) is 0. The van der Waals surface area contributed by atoms with E-state index in [1.807, 2.05) is 16.8 Å². The minimum absolute atomic E-state index is 0.343. The molecule has 0 radical (unpaired) electrons. The highest BCUT2D eigenvalue weighted by molar-refractivity contribution is 6.33. The molecule has 1 aromatic carbocycles. The smallest absolute Gasteiger partial charge is 0.182 e. The molecule has 0 bridgehead atoms. The summed E-state index contributed by atoms with van der Waals surface area (Å²) >= 11 is 6.12. The van der Waals surface area contributed by atoms with E-state index in [0.29, 0.717) is 28.6 Å². The molecule has 1 fully saturated rings. The van der Waals surface area contributed by atoms with E-state index in [4.69, 9.17) is 17.3 Å². The van der Waals surface area contributed by atoms with Crippen LogP contribution in [0.15, 0.2) is 18.2 Å². The Balaban J connectivity index is 1.98. The molecular weight excluding hydrogens is 286 g/mol. The van der Waals surface area contributed by atoms with Crippen LogP contribution in [-0.4, -0.2) is 20.2 Å². The van der Waals surface area contributed by atoms with Crippen molar-refractivity contribution in [3.63, 3.8) is 0 Å². The molecule has 1 aromatic heterocycles. The molecule has 1 aliphatic carbocycles. The Bertz CT molecular complexity index is 639. The molecule has 0 saturated heterocycles. The second-order valence-electron chi connectivity index (χ2n) is 6.02. The Labute approximate surface area is 129 Å². The summed E-state index contributed by atoms with van der Waals surface area (Å²) in [7, 11) is 0. The summed E-state index contributed by atoms with van der Waals surface area (Å²) in [6.45, 7) is 4.59. The molecule has 0 spiro atoms. The number of halogens is 1. The van der Waals surface area contributed by atoms with Crippen molar-refractivity contribution in [1.29, 1.82) is 0 Å². The number of hydrogen-bond acceptors (Lipinski definition) is 4. The lowest BCUT2D eigenvalue weighted by Gasteiger charge is -2.34. The van der Waals surface area contributed by atoms with Crippen LogP contribution >= 0.6 is 11.6 Å². The van der Waals surface area contributed by atoms with Crippen molar-refractivity contribution in [2.24, 2.45) is 11.8 Å². The van der Waals surface area contributed by atoms with Gasteiger partial charge in [-0.15, -0.1) is 5.10 Å². The number of tetrazole rings is 1. The minimum Gasteiger partial charge on any atom is -0.398 e. The van der Waals surface area contributed by atoms with Gasteiger partial charge in [-0.1, -0.05) is 38.3 Å². The first-order chi connectivity index (χ1) is 10.1. The van der Waals surface area contributed by atoms with Crippen molar-refractivity contribution < 1.29 is 0 Å². The van der Waals surface area contributed by atoms with Gasteiger partial charge in [-0.25, -0.2) is 4.68 Å². The molecular formula is C15H20ClN5. The van der Waals surface area contributed by atoms with E-state index in [1.165, 1.54) is 12.8 Å². The molecule has 3 unspecified atom stereocenters. The van der Waals surface area contributed by atoms with E-state index in [2.05, 4.69) is 29.4 Å². The number of rotatable bonds is 2. The first kappa shape index (κ1) is 14.3. The zero-order chi connectivity index (χ0) is 15.0. The minimum atomic E-state index is 0.343. The Morgan fingerprint density at radius 2 is 2.10 bits per heavy atom. The molecule has 21 heavy (non-hydrogen) atoms.